The molecule has 0 spiro atoms. The van der Waals surface area contributed by atoms with Crippen LogP contribution in [-0.4, -0.2) is 34.8 Å². The summed E-state index contributed by atoms with van der Waals surface area (Å²) in [7, 11) is 1.67. The van der Waals surface area contributed by atoms with Gasteiger partial charge in [-0.2, -0.15) is 0 Å². The molecule has 2 atom stereocenters. The highest BCUT2D eigenvalue weighted by atomic mass is 16.6. The minimum Gasteiger partial charge on any atom is -0.444 e. The van der Waals surface area contributed by atoms with E-state index in [1.807, 2.05) is 45.0 Å². The Labute approximate surface area is 114 Å². The first-order valence-corrected chi connectivity index (χ1v) is 6.51. The minimum absolute atomic E-state index is 0.257. The van der Waals surface area contributed by atoms with Gasteiger partial charge in [0.25, 0.3) is 0 Å². The van der Waals surface area contributed by atoms with Crippen molar-refractivity contribution in [2.24, 2.45) is 0 Å². The van der Waals surface area contributed by atoms with E-state index >= 15 is 0 Å². The topological polar surface area (TPSA) is 49.8 Å². The lowest BCUT2D eigenvalue weighted by molar-refractivity contribution is 0.00551. The second kappa shape index (κ2) is 4.85. The number of carbonyl (C=O) groups excluding carboxylic acids is 1. The quantitative estimate of drug-likeness (QED) is 0.847. The number of fused-ring (bicyclic) bond motifs is 1. The van der Waals surface area contributed by atoms with Gasteiger partial charge in [0.1, 0.15) is 11.7 Å². The highest BCUT2D eigenvalue weighted by molar-refractivity contribution is 5.68. The van der Waals surface area contributed by atoms with Crippen LogP contribution in [0, 0.1) is 0 Å². The first-order chi connectivity index (χ1) is 8.79. The molecular formula is C15H21NO3. The predicted octanol–water partition coefficient (Wildman–Crippen LogP) is 2.51. The zero-order chi connectivity index (χ0) is 14.2. The number of nitrogens with zero attached hydrogens (tertiary/aromatic N) is 1. The first kappa shape index (κ1) is 13.9. The van der Waals surface area contributed by atoms with Gasteiger partial charge in [-0.25, -0.2) is 4.79 Å². The van der Waals surface area contributed by atoms with Gasteiger partial charge >= 0.3 is 6.09 Å². The van der Waals surface area contributed by atoms with Gasteiger partial charge in [-0.3, -0.25) is 0 Å². The van der Waals surface area contributed by atoms with Crippen LogP contribution in [0.2, 0.25) is 0 Å². The average molecular weight is 263 g/mol. The normalized spacial score (nSPS) is 21.9. The summed E-state index contributed by atoms with van der Waals surface area (Å²) in [4.78, 5) is 13.5. The molecule has 19 heavy (non-hydrogen) atoms. The first-order valence-electron chi connectivity index (χ1n) is 6.51. The number of aliphatic hydroxyl groups is 1. The number of amides is 1. The van der Waals surface area contributed by atoms with Crippen molar-refractivity contribution < 1.29 is 14.6 Å². The van der Waals surface area contributed by atoms with Crippen LogP contribution in [0.3, 0.4) is 0 Å². The Morgan fingerprint density at radius 3 is 2.58 bits per heavy atom. The van der Waals surface area contributed by atoms with Crippen LogP contribution >= 0.6 is 0 Å². The molecule has 0 saturated carbocycles. The number of ether oxygens (including phenoxy) is 1. The van der Waals surface area contributed by atoms with E-state index < -0.39 is 17.8 Å². The number of likely N-dealkylation sites (N-methyl/N-ethyl adjacent to an activating group) is 1. The second-order valence-electron chi connectivity index (χ2n) is 6.01. The van der Waals surface area contributed by atoms with E-state index in [1.165, 1.54) is 4.90 Å². The molecule has 2 rings (SSSR count). The van der Waals surface area contributed by atoms with E-state index in [-0.39, 0.29) is 6.04 Å². The van der Waals surface area contributed by atoms with Crippen LogP contribution in [0.1, 0.15) is 38.0 Å². The standard InChI is InChI=1S/C15H21NO3/c1-15(2,3)19-14(18)16(4)12-9-10-7-5-6-8-11(10)13(12)17/h5-8,12-13,17H,9H2,1-4H3/t12-,13+/m1/s1. The molecule has 1 aliphatic carbocycles. The van der Waals surface area contributed by atoms with E-state index in [1.54, 1.807) is 7.05 Å². The van der Waals surface area contributed by atoms with Crippen molar-refractivity contribution in [3.05, 3.63) is 35.4 Å². The number of rotatable bonds is 1. The van der Waals surface area contributed by atoms with Crippen molar-refractivity contribution in [3.8, 4) is 0 Å². The van der Waals surface area contributed by atoms with Gasteiger partial charge in [0.2, 0.25) is 0 Å². The molecule has 0 radical (unpaired) electrons. The maximum Gasteiger partial charge on any atom is 0.410 e. The average Bonchev–Trinajstić information content (AvgIpc) is 2.64. The summed E-state index contributed by atoms with van der Waals surface area (Å²) in [6.45, 7) is 5.50. The van der Waals surface area contributed by atoms with Crippen LogP contribution in [-0.2, 0) is 11.2 Å². The SMILES string of the molecule is CN(C(=O)OC(C)(C)C)[C@@H]1Cc2ccccc2[C@@H]1O. The molecule has 0 saturated heterocycles. The molecule has 0 bridgehead atoms. The molecule has 0 unspecified atom stereocenters. The Bertz CT molecular complexity index is 479. The molecular weight excluding hydrogens is 242 g/mol. The summed E-state index contributed by atoms with van der Waals surface area (Å²) in [5.41, 5.74) is 1.47. The van der Waals surface area contributed by atoms with Crippen molar-refractivity contribution in [1.29, 1.82) is 0 Å². The molecule has 0 heterocycles. The number of benzene rings is 1. The van der Waals surface area contributed by atoms with E-state index in [0.29, 0.717) is 6.42 Å². The Kier molecular flexibility index (Phi) is 3.54. The summed E-state index contributed by atoms with van der Waals surface area (Å²) in [5, 5.41) is 10.3. The van der Waals surface area contributed by atoms with Gasteiger partial charge in [0.15, 0.2) is 0 Å². The van der Waals surface area contributed by atoms with E-state index in [2.05, 4.69) is 0 Å². The second-order valence-corrected chi connectivity index (χ2v) is 6.01. The fourth-order valence-corrected chi connectivity index (χ4v) is 2.37. The molecule has 4 heteroatoms. The van der Waals surface area contributed by atoms with Crippen LogP contribution in [0.5, 0.6) is 0 Å². The lowest BCUT2D eigenvalue weighted by atomic mass is 10.1. The Hall–Kier alpha value is -1.55. The molecule has 104 valence electrons. The van der Waals surface area contributed by atoms with E-state index in [9.17, 15) is 9.90 Å². The largest absolute Gasteiger partial charge is 0.444 e. The van der Waals surface area contributed by atoms with Crippen molar-refractivity contribution in [2.75, 3.05) is 7.05 Å². The lowest BCUT2D eigenvalue weighted by Crippen LogP contribution is -2.42. The summed E-state index contributed by atoms with van der Waals surface area (Å²) in [6, 6.07) is 7.48. The third-order valence-corrected chi connectivity index (χ3v) is 3.35. The molecule has 4 nitrogen and oxygen atoms in total. The lowest BCUT2D eigenvalue weighted by Gasteiger charge is -2.30. The molecule has 1 aliphatic rings. The van der Waals surface area contributed by atoms with Crippen molar-refractivity contribution in [1.82, 2.24) is 4.90 Å². The zero-order valence-corrected chi connectivity index (χ0v) is 11.9. The zero-order valence-electron chi connectivity index (χ0n) is 11.9. The van der Waals surface area contributed by atoms with Crippen molar-refractivity contribution >= 4 is 6.09 Å². The fourth-order valence-electron chi connectivity index (χ4n) is 2.37. The Balaban J connectivity index is 2.11. The molecule has 1 aromatic carbocycles. The molecule has 0 aliphatic heterocycles. The van der Waals surface area contributed by atoms with Crippen LogP contribution in [0.4, 0.5) is 4.79 Å². The van der Waals surface area contributed by atoms with Gasteiger partial charge in [-0.15, -0.1) is 0 Å². The van der Waals surface area contributed by atoms with Crippen LogP contribution in [0.25, 0.3) is 0 Å². The maximum absolute atomic E-state index is 12.0. The third-order valence-electron chi connectivity index (χ3n) is 3.35. The summed E-state index contributed by atoms with van der Waals surface area (Å²) in [5.74, 6) is 0. The summed E-state index contributed by atoms with van der Waals surface area (Å²) >= 11 is 0. The Morgan fingerprint density at radius 1 is 1.37 bits per heavy atom. The van der Waals surface area contributed by atoms with Crippen molar-refractivity contribution in [2.45, 2.75) is 44.9 Å². The third kappa shape index (κ3) is 2.89. The van der Waals surface area contributed by atoms with Crippen LogP contribution in [0.15, 0.2) is 24.3 Å². The minimum atomic E-state index is -0.645. The number of hydrogen-bond donors (Lipinski definition) is 1. The highest BCUT2D eigenvalue weighted by Gasteiger charge is 2.36. The Morgan fingerprint density at radius 2 is 2.00 bits per heavy atom. The van der Waals surface area contributed by atoms with E-state index in [0.717, 1.165) is 11.1 Å². The molecule has 1 aromatic rings. The van der Waals surface area contributed by atoms with Gasteiger partial charge in [0, 0.05) is 7.05 Å². The van der Waals surface area contributed by atoms with Gasteiger partial charge in [0.05, 0.1) is 6.04 Å². The fraction of sp³-hybridized carbons (Fsp3) is 0.533. The van der Waals surface area contributed by atoms with Gasteiger partial charge in [-0.05, 0) is 38.3 Å². The molecule has 0 aromatic heterocycles. The maximum atomic E-state index is 12.0. The van der Waals surface area contributed by atoms with Crippen LogP contribution < -0.4 is 0 Å². The number of hydrogen-bond acceptors (Lipinski definition) is 3. The summed E-state index contributed by atoms with van der Waals surface area (Å²) < 4.78 is 5.33. The van der Waals surface area contributed by atoms with Crippen molar-refractivity contribution in [3.63, 3.8) is 0 Å². The number of aliphatic hydroxyl groups excluding tert-OH is 1. The van der Waals surface area contributed by atoms with E-state index in [4.69, 9.17) is 4.74 Å². The van der Waals surface area contributed by atoms with Gasteiger partial charge < -0.3 is 14.7 Å². The van der Waals surface area contributed by atoms with Gasteiger partial charge in [-0.1, -0.05) is 24.3 Å². The molecule has 1 amide bonds. The molecule has 0 fully saturated rings. The smallest absolute Gasteiger partial charge is 0.410 e. The summed E-state index contributed by atoms with van der Waals surface area (Å²) in [6.07, 6.45) is -0.384. The number of carbonyl (C=O) groups is 1. The molecule has 1 N–H and O–H groups in total. The monoisotopic (exact) mass is 263 g/mol. The predicted molar refractivity (Wildman–Crippen MR) is 72.9 cm³/mol. The highest BCUT2D eigenvalue weighted by Crippen LogP contribution is 2.34.